The Morgan fingerprint density at radius 2 is 0.872 bits per heavy atom. The van der Waals surface area contributed by atoms with Crippen LogP contribution in [-0.2, 0) is 19.5 Å². The van der Waals surface area contributed by atoms with E-state index in [-0.39, 0.29) is 13.2 Å². The van der Waals surface area contributed by atoms with Gasteiger partial charge in [0.05, 0.1) is 0 Å². The molecule has 2 atom stereocenters. The molecule has 0 aromatic heterocycles. The van der Waals surface area contributed by atoms with Gasteiger partial charge in [0.15, 0.2) is 0 Å². The van der Waals surface area contributed by atoms with E-state index in [2.05, 4.69) is 34.9 Å². The molecule has 4 rings (SSSR count). The van der Waals surface area contributed by atoms with Gasteiger partial charge < -0.3 is 30.3 Å². The summed E-state index contributed by atoms with van der Waals surface area (Å²) < 4.78 is 11.5. The third-order valence-electron chi connectivity index (χ3n) is 6.24. The third kappa shape index (κ3) is 10.5. The van der Waals surface area contributed by atoms with Crippen molar-refractivity contribution in [1.82, 2.24) is 10.6 Å². The fourth-order valence-electron chi connectivity index (χ4n) is 4.10. The Bertz CT molecular complexity index is 1110. The first kappa shape index (κ1) is 28.3. The third-order valence-corrected chi connectivity index (χ3v) is 6.24. The molecule has 204 valence electrons. The number of rotatable bonds is 16. The largest absolute Gasteiger partial charge is 0.491 e. The van der Waals surface area contributed by atoms with Crippen molar-refractivity contribution in [3.8, 4) is 11.5 Å². The van der Waals surface area contributed by atoms with E-state index < -0.39 is 12.2 Å². The lowest BCUT2D eigenvalue weighted by molar-refractivity contribution is 0.106. The molecule has 0 radical (unpaired) electrons. The highest BCUT2D eigenvalue weighted by atomic mass is 16.5. The van der Waals surface area contributed by atoms with Gasteiger partial charge in [-0.15, -0.1) is 0 Å². The van der Waals surface area contributed by atoms with Gasteiger partial charge >= 0.3 is 0 Å². The van der Waals surface area contributed by atoms with Gasteiger partial charge in [0, 0.05) is 26.2 Å². The van der Waals surface area contributed by atoms with Crippen molar-refractivity contribution in [2.75, 3.05) is 26.3 Å². The molecule has 0 aliphatic heterocycles. The van der Waals surface area contributed by atoms with Crippen LogP contribution < -0.4 is 20.1 Å². The second-order valence-electron chi connectivity index (χ2n) is 9.63. The van der Waals surface area contributed by atoms with Crippen LogP contribution in [0.15, 0.2) is 109 Å². The molecular weight excluding hydrogens is 488 g/mol. The van der Waals surface area contributed by atoms with E-state index in [9.17, 15) is 10.2 Å². The van der Waals surface area contributed by atoms with Crippen molar-refractivity contribution >= 4 is 0 Å². The maximum Gasteiger partial charge on any atom is 0.119 e. The normalized spacial score (nSPS) is 12.6. The molecule has 4 aromatic rings. The minimum absolute atomic E-state index is 0.236. The van der Waals surface area contributed by atoms with Crippen LogP contribution in [0.4, 0.5) is 0 Å². The first-order valence-corrected chi connectivity index (χ1v) is 13.4. The zero-order valence-electron chi connectivity index (χ0n) is 22.2. The SMILES string of the molecule is O[C@H](CNCc1ccccc1)COc1ccc(Cc2ccc(OC[C@@H](O)CNCc3ccccc3)cc2)cc1. The fourth-order valence-corrected chi connectivity index (χ4v) is 4.10. The van der Waals surface area contributed by atoms with Crippen LogP contribution in [0.3, 0.4) is 0 Å². The second kappa shape index (κ2) is 15.7. The zero-order chi connectivity index (χ0) is 27.1. The van der Waals surface area contributed by atoms with Crippen molar-refractivity contribution in [1.29, 1.82) is 0 Å². The van der Waals surface area contributed by atoms with Crippen LogP contribution in [0.2, 0.25) is 0 Å². The summed E-state index contributed by atoms with van der Waals surface area (Å²) in [5, 5.41) is 26.9. The fraction of sp³-hybridized carbons (Fsp3) is 0.273. The van der Waals surface area contributed by atoms with E-state index in [0.717, 1.165) is 17.9 Å². The van der Waals surface area contributed by atoms with Crippen LogP contribution in [0, 0.1) is 0 Å². The highest BCUT2D eigenvalue weighted by Crippen LogP contribution is 2.18. The van der Waals surface area contributed by atoms with E-state index >= 15 is 0 Å². The molecule has 0 aliphatic rings. The molecule has 0 spiro atoms. The van der Waals surface area contributed by atoms with Gasteiger partial charge in [0.25, 0.3) is 0 Å². The van der Waals surface area contributed by atoms with Gasteiger partial charge in [-0.05, 0) is 52.9 Å². The summed E-state index contributed by atoms with van der Waals surface area (Å²) in [7, 11) is 0. The summed E-state index contributed by atoms with van der Waals surface area (Å²) in [6, 6.07) is 36.1. The molecule has 39 heavy (non-hydrogen) atoms. The maximum atomic E-state index is 10.2. The Balaban J connectivity index is 1.11. The number of benzene rings is 4. The summed E-state index contributed by atoms with van der Waals surface area (Å²) in [6.45, 7) is 2.84. The van der Waals surface area contributed by atoms with Gasteiger partial charge in [-0.2, -0.15) is 0 Å². The summed E-state index contributed by atoms with van der Waals surface area (Å²) in [6.07, 6.45) is -0.375. The number of hydrogen-bond acceptors (Lipinski definition) is 6. The first-order valence-electron chi connectivity index (χ1n) is 13.4. The average molecular weight is 527 g/mol. The van der Waals surface area contributed by atoms with E-state index in [4.69, 9.17) is 9.47 Å². The van der Waals surface area contributed by atoms with E-state index in [0.29, 0.717) is 26.2 Å². The highest BCUT2D eigenvalue weighted by molar-refractivity contribution is 5.34. The molecule has 0 heterocycles. The number of hydrogen-bond donors (Lipinski definition) is 4. The van der Waals surface area contributed by atoms with Gasteiger partial charge in [-0.1, -0.05) is 84.9 Å². The van der Waals surface area contributed by atoms with Crippen molar-refractivity contribution in [2.45, 2.75) is 31.7 Å². The second-order valence-corrected chi connectivity index (χ2v) is 9.63. The van der Waals surface area contributed by atoms with Crippen LogP contribution in [0.1, 0.15) is 22.3 Å². The first-order chi connectivity index (χ1) is 19.1. The van der Waals surface area contributed by atoms with Gasteiger partial charge in [0.2, 0.25) is 0 Å². The van der Waals surface area contributed by atoms with Crippen molar-refractivity contribution in [3.63, 3.8) is 0 Å². The smallest absolute Gasteiger partial charge is 0.119 e. The molecular formula is C33H38N2O4. The molecule has 4 N–H and O–H groups in total. The average Bonchev–Trinajstić information content (AvgIpc) is 2.97. The van der Waals surface area contributed by atoms with Crippen LogP contribution in [-0.4, -0.2) is 48.7 Å². The van der Waals surface area contributed by atoms with Crippen molar-refractivity contribution in [3.05, 3.63) is 131 Å². The highest BCUT2D eigenvalue weighted by Gasteiger charge is 2.07. The quantitative estimate of drug-likeness (QED) is 0.174. The number of aliphatic hydroxyl groups excluding tert-OH is 2. The molecule has 0 amide bonds. The monoisotopic (exact) mass is 526 g/mol. The summed E-state index contributed by atoms with van der Waals surface area (Å²) in [4.78, 5) is 0. The lowest BCUT2D eigenvalue weighted by Gasteiger charge is -2.14. The standard InChI is InChI=1S/C33H38N2O4/c36-30(22-34-20-28-7-3-1-4-8-28)24-38-32-15-11-26(12-16-32)19-27-13-17-33(18-14-27)39-25-31(37)23-35-21-29-9-5-2-6-10-29/h1-18,30-31,34-37H,19-25H2/t30-,31+. The molecule has 0 bridgehead atoms. The lowest BCUT2D eigenvalue weighted by Crippen LogP contribution is -2.31. The Morgan fingerprint density at radius 3 is 1.26 bits per heavy atom. The maximum absolute atomic E-state index is 10.2. The number of nitrogens with one attached hydrogen (secondary N) is 2. The van der Waals surface area contributed by atoms with Gasteiger partial charge in [-0.3, -0.25) is 0 Å². The van der Waals surface area contributed by atoms with Crippen LogP contribution in [0.5, 0.6) is 11.5 Å². The van der Waals surface area contributed by atoms with E-state index in [1.54, 1.807) is 0 Å². The molecule has 0 unspecified atom stereocenters. The van der Waals surface area contributed by atoms with Crippen LogP contribution >= 0.6 is 0 Å². The van der Waals surface area contributed by atoms with Crippen molar-refractivity contribution < 1.29 is 19.7 Å². The minimum atomic E-state index is -0.583. The van der Waals surface area contributed by atoms with E-state index in [1.165, 1.54) is 22.3 Å². The number of aliphatic hydroxyl groups is 2. The molecule has 0 fully saturated rings. The molecule has 0 saturated heterocycles. The van der Waals surface area contributed by atoms with Gasteiger partial charge in [-0.25, -0.2) is 0 Å². The van der Waals surface area contributed by atoms with E-state index in [1.807, 2.05) is 84.9 Å². The minimum Gasteiger partial charge on any atom is -0.491 e. The zero-order valence-corrected chi connectivity index (χ0v) is 22.2. The molecule has 4 aromatic carbocycles. The molecule has 6 nitrogen and oxygen atoms in total. The Labute approximate surface area is 231 Å². The number of ether oxygens (including phenoxy) is 2. The molecule has 0 saturated carbocycles. The lowest BCUT2D eigenvalue weighted by atomic mass is 10.0. The summed E-state index contributed by atoms with van der Waals surface area (Å²) >= 11 is 0. The molecule has 6 heteroatoms. The van der Waals surface area contributed by atoms with Crippen LogP contribution in [0.25, 0.3) is 0 Å². The predicted molar refractivity (Wildman–Crippen MR) is 155 cm³/mol. The molecule has 0 aliphatic carbocycles. The topological polar surface area (TPSA) is 83.0 Å². The Hall–Kier alpha value is -3.68. The Morgan fingerprint density at radius 1 is 0.487 bits per heavy atom. The van der Waals surface area contributed by atoms with Crippen molar-refractivity contribution in [2.24, 2.45) is 0 Å². The van der Waals surface area contributed by atoms with Gasteiger partial charge in [0.1, 0.15) is 36.9 Å². The summed E-state index contributed by atoms with van der Waals surface area (Å²) in [5.41, 5.74) is 4.71. The Kier molecular flexibility index (Phi) is 11.4. The predicted octanol–water partition coefficient (Wildman–Crippen LogP) is 4.34. The summed E-state index contributed by atoms with van der Waals surface area (Å²) in [5.74, 6) is 1.47.